The molecular formula is C18H25N3O4S. The topological polar surface area (TPSA) is 95.7 Å². The monoisotopic (exact) mass is 379 g/mol. The van der Waals surface area contributed by atoms with Gasteiger partial charge in [-0.25, -0.2) is 4.98 Å². The molecule has 0 spiro atoms. The maximum absolute atomic E-state index is 12.3. The first-order chi connectivity index (χ1) is 12.5. The van der Waals surface area contributed by atoms with E-state index in [4.69, 9.17) is 19.9 Å². The maximum atomic E-state index is 12.3. The number of nitrogens with zero attached hydrogens (tertiary/aromatic N) is 1. The van der Waals surface area contributed by atoms with Crippen molar-refractivity contribution in [3.63, 3.8) is 0 Å². The fourth-order valence-electron chi connectivity index (χ4n) is 2.51. The normalized spacial score (nSPS) is 11.7. The average Bonchev–Trinajstić information content (AvgIpc) is 3.15. The number of hydrogen-bond donors (Lipinski definition) is 2. The van der Waals surface area contributed by atoms with Gasteiger partial charge in [0.05, 0.1) is 27.4 Å². The van der Waals surface area contributed by atoms with Crippen molar-refractivity contribution in [3.05, 3.63) is 33.8 Å². The third-order valence-electron chi connectivity index (χ3n) is 3.85. The van der Waals surface area contributed by atoms with E-state index in [0.717, 1.165) is 23.4 Å². The molecule has 1 aromatic carbocycles. The lowest BCUT2D eigenvalue weighted by atomic mass is 10.1. The number of ether oxygens (including phenoxy) is 3. The van der Waals surface area contributed by atoms with Crippen LogP contribution in [0.4, 0.5) is 0 Å². The lowest BCUT2D eigenvalue weighted by molar-refractivity contribution is 0.0946. The Bertz CT molecular complexity index is 723. The second kappa shape index (κ2) is 9.40. The second-order valence-corrected chi connectivity index (χ2v) is 6.57. The molecule has 1 heterocycles. The van der Waals surface area contributed by atoms with Crippen molar-refractivity contribution in [3.8, 4) is 17.2 Å². The summed E-state index contributed by atoms with van der Waals surface area (Å²) in [5.74, 6) is 1.35. The zero-order valence-electron chi connectivity index (χ0n) is 15.5. The van der Waals surface area contributed by atoms with Crippen LogP contribution in [0, 0.1) is 0 Å². The predicted octanol–water partition coefficient (Wildman–Crippen LogP) is 2.90. The molecule has 0 radical (unpaired) electrons. The highest BCUT2D eigenvalue weighted by atomic mass is 32.1. The number of methoxy groups -OCH3 is 3. The summed E-state index contributed by atoms with van der Waals surface area (Å²) in [5, 5.41) is 5.37. The lowest BCUT2D eigenvalue weighted by Crippen LogP contribution is -2.23. The van der Waals surface area contributed by atoms with Crippen LogP contribution < -0.4 is 25.3 Å². The van der Waals surface area contributed by atoms with Gasteiger partial charge < -0.3 is 25.3 Å². The molecule has 1 atom stereocenters. The summed E-state index contributed by atoms with van der Waals surface area (Å²) < 4.78 is 15.9. The molecule has 26 heavy (non-hydrogen) atoms. The fraction of sp³-hybridized carbons (Fsp3) is 0.444. The maximum Gasteiger partial charge on any atom is 0.271 e. The first-order valence-electron chi connectivity index (χ1n) is 8.32. The molecule has 1 amide bonds. The van der Waals surface area contributed by atoms with E-state index in [1.807, 2.05) is 0 Å². The van der Waals surface area contributed by atoms with E-state index in [9.17, 15) is 4.79 Å². The SMILES string of the molecule is CCCC(N)c1nc(C(=O)NCc2cc(OC)c(OC)c(OC)c2)cs1. The summed E-state index contributed by atoms with van der Waals surface area (Å²) in [4.78, 5) is 16.7. The second-order valence-electron chi connectivity index (χ2n) is 5.68. The van der Waals surface area contributed by atoms with Crippen LogP contribution in [0.2, 0.25) is 0 Å². The molecule has 2 aromatic rings. The number of carbonyl (C=O) groups excluding carboxylic acids is 1. The van der Waals surface area contributed by atoms with Crippen LogP contribution in [0.1, 0.15) is 46.9 Å². The predicted molar refractivity (Wildman–Crippen MR) is 101 cm³/mol. The number of nitrogens with two attached hydrogens (primary N) is 1. The van der Waals surface area contributed by atoms with Crippen LogP contribution in [0.5, 0.6) is 17.2 Å². The summed E-state index contributed by atoms with van der Waals surface area (Å²) in [6, 6.07) is 3.47. The van der Waals surface area contributed by atoms with Gasteiger partial charge in [-0.1, -0.05) is 13.3 Å². The number of amides is 1. The molecule has 0 aliphatic rings. The van der Waals surface area contributed by atoms with Gasteiger partial charge in [-0.15, -0.1) is 11.3 Å². The van der Waals surface area contributed by atoms with Gasteiger partial charge in [0.1, 0.15) is 10.7 Å². The highest BCUT2D eigenvalue weighted by molar-refractivity contribution is 7.09. The van der Waals surface area contributed by atoms with Crippen molar-refractivity contribution in [1.82, 2.24) is 10.3 Å². The third-order valence-corrected chi connectivity index (χ3v) is 4.83. The highest BCUT2D eigenvalue weighted by Crippen LogP contribution is 2.38. The Morgan fingerprint density at radius 2 is 1.88 bits per heavy atom. The molecule has 0 aliphatic carbocycles. The van der Waals surface area contributed by atoms with Gasteiger partial charge >= 0.3 is 0 Å². The Hall–Kier alpha value is -2.32. The quantitative estimate of drug-likeness (QED) is 0.695. The summed E-state index contributed by atoms with van der Waals surface area (Å²) >= 11 is 1.41. The summed E-state index contributed by atoms with van der Waals surface area (Å²) in [5.41, 5.74) is 7.26. The molecule has 0 saturated heterocycles. The molecule has 0 bridgehead atoms. The van der Waals surface area contributed by atoms with E-state index in [1.165, 1.54) is 11.3 Å². The summed E-state index contributed by atoms with van der Waals surface area (Å²) in [7, 11) is 4.65. The first kappa shape index (κ1) is 20.0. The van der Waals surface area contributed by atoms with Gasteiger partial charge in [0.25, 0.3) is 5.91 Å². The molecule has 1 aromatic heterocycles. The van der Waals surface area contributed by atoms with E-state index >= 15 is 0 Å². The van der Waals surface area contributed by atoms with Crippen LogP contribution in [0.3, 0.4) is 0 Å². The lowest BCUT2D eigenvalue weighted by Gasteiger charge is -2.14. The Morgan fingerprint density at radius 1 is 1.23 bits per heavy atom. The van der Waals surface area contributed by atoms with Crippen molar-refractivity contribution in [2.45, 2.75) is 32.4 Å². The highest BCUT2D eigenvalue weighted by Gasteiger charge is 2.16. The molecule has 0 fully saturated rings. The molecule has 7 nitrogen and oxygen atoms in total. The smallest absolute Gasteiger partial charge is 0.271 e. The van der Waals surface area contributed by atoms with Crippen molar-refractivity contribution in [2.24, 2.45) is 5.73 Å². The van der Waals surface area contributed by atoms with Crippen LogP contribution in [-0.4, -0.2) is 32.2 Å². The summed E-state index contributed by atoms with van der Waals surface area (Å²) in [6.07, 6.45) is 1.82. The zero-order chi connectivity index (χ0) is 19.1. The first-order valence-corrected chi connectivity index (χ1v) is 9.20. The molecule has 1 unspecified atom stereocenters. The Labute approximate surface area is 157 Å². The molecule has 142 valence electrons. The van der Waals surface area contributed by atoms with Crippen molar-refractivity contribution in [1.29, 1.82) is 0 Å². The largest absolute Gasteiger partial charge is 0.493 e. The molecule has 0 aliphatic heterocycles. The number of aromatic nitrogens is 1. The standard InChI is InChI=1S/C18H25N3O4S/c1-5-6-12(19)18-21-13(10-26-18)17(22)20-9-11-7-14(23-2)16(25-4)15(8-11)24-3/h7-8,10,12H,5-6,9,19H2,1-4H3,(H,20,22). The summed E-state index contributed by atoms with van der Waals surface area (Å²) in [6.45, 7) is 2.38. The number of hydrogen-bond acceptors (Lipinski definition) is 7. The van der Waals surface area contributed by atoms with Gasteiger partial charge in [-0.2, -0.15) is 0 Å². The van der Waals surface area contributed by atoms with Crippen LogP contribution >= 0.6 is 11.3 Å². The molecule has 8 heteroatoms. The van der Waals surface area contributed by atoms with Gasteiger partial charge in [0, 0.05) is 11.9 Å². The minimum absolute atomic E-state index is 0.123. The van der Waals surface area contributed by atoms with E-state index in [-0.39, 0.29) is 11.9 Å². The minimum atomic E-state index is -0.245. The van der Waals surface area contributed by atoms with Crippen LogP contribution in [0.25, 0.3) is 0 Å². The van der Waals surface area contributed by atoms with Gasteiger partial charge in [0.15, 0.2) is 11.5 Å². The third kappa shape index (κ3) is 4.64. The minimum Gasteiger partial charge on any atom is -0.493 e. The Balaban J connectivity index is 2.07. The van der Waals surface area contributed by atoms with Gasteiger partial charge in [-0.3, -0.25) is 4.79 Å². The van der Waals surface area contributed by atoms with E-state index in [2.05, 4.69) is 17.2 Å². The van der Waals surface area contributed by atoms with Crippen molar-refractivity contribution in [2.75, 3.05) is 21.3 Å². The molecule has 2 rings (SSSR count). The number of rotatable bonds is 9. The average molecular weight is 379 g/mol. The molecule has 0 saturated carbocycles. The Kier molecular flexibility index (Phi) is 7.23. The van der Waals surface area contributed by atoms with E-state index in [1.54, 1.807) is 38.8 Å². The van der Waals surface area contributed by atoms with Crippen LogP contribution in [-0.2, 0) is 6.54 Å². The fourth-order valence-corrected chi connectivity index (χ4v) is 3.34. The van der Waals surface area contributed by atoms with Gasteiger partial charge in [0.2, 0.25) is 5.75 Å². The number of thiazole rings is 1. The van der Waals surface area contributed by atoms with Crippen molar-refractivity contribution >= 4 is 17.2 Å². The molecule has 3 N–H and O–H groups in total. The molecular weight excluding hydrogens is 354 g/mol. The van der Waals surface area contributed by atoms with E-state index < -0.39 is 0 Å². The van der Waals surface area contributed by atoms with Crippen molar-refractivity contribution < 1.29 is 19.0 Å². The number of carbonyl (C=O) groups is 1. The number of nitrogens with one attached hydrogen (secondary N) is 1. The van der Waals surface area contributed by atoms with Crippen LogP contribution in [0.15, 0.2) is 17.5 Å². The van der Waals surface area contributed by atoms with E-state index in [0.29, 0.717) is 29.5 Å². The number of benzene rings is 1. The van der Waals surface area contributed by atoms with Gasteiger partial charge in [-0.05, 0) is 24.1 Å². The Morgan fingerprint density at radius 3 is 2.42 bits per heavy atom. The zero-order valence-corrected chi connectivity index (χ0v) is 16.3.